The van der Waals surface area contributed by atoms with Gasteiger partial charge in [-0.05, 0) is 26.3 Å². The summed E-state index contributed by atoms with van der Waals surface area (Å²) in [5.41, 5.74) is 1.08. The van der Waals surface area contributed by atoms with Gasteiger partial charge in [0.25, 0.3) is 0 Å². The van der Waals surface area contributed by atoms with Crippen LogP contribution in [-0.2, 0) is 9.53 Å². The Hall–Kier alpha value is -0.630. The van der Waals surface area contributed by atoms with Gasteiger partial charge in [-0.1, -0.05) is 5.57 Å². The second kappa shape index (κ2) is 5.18. The number of methoxy groups -OCH3 is 1. The highest BCUT2D eigenvalue weighted by molar-refractivity contribution is 5.87. The number of allylic oxidation sites excluding steroid dienone is 1. The van der Waals surface area contributed by atoms with Crippen molar-refractivity contribution in [2.24, 2.45) is 0 Å². The van der Waals surface area contributed by atoms with E-state index in [1.807, 2.05) is 6.92 Å². The lowest BCUT2D eigenvalue weighted by atomic mass is 10.2. The van der Waals surface area contributed by atoms with Crippen molar-refractivity contribution in [3.63, 3.8) is 0 Å². The number of rotatable bonds is 4. The Morgan fingerprint density at radius 3 is 2.50 bits per heavy atom. The summed E-state index contributed by atoms with van der Waals surface area (Å²) in [5.74, 6) is 0.105. The molecule has 0 fully saturated rings. The average Bonchev–Trinajstić information content (AvgIpc) is 1.82. The Morgan fingerprint density at radius 2 is 2.10 bits per heavy atom. The fourth-order valence-corrected chi connectivity index (χ4v) is 0.682. The molecule has 0 saturated carbocycles. The van der Waals surface area contributed by atoms with Crippen molar-refractivity contribution in [2.45, 2.75) is 20.3 Å². The molecule has 0 radical (unpaired) electrons. The zero-order chi connectivity index (χ0) is 7.98. The molecule has 0 aromatic rings. The number of carbonyl (C=O) groups is 1. The molecule has 0 rings (SSSR count). The molecule has 0 aliphatic carbocycles. The van der Waals surface area contributed by atoms with Crippen LogP contribution in [0.2, 0.25) is 0 Å². The fraction of sp³-hybridized carbons (Fsp3) is 0.625. The van der Waals surface area contributed by atoms with Gasteiger partial charge in [-0.2, -0.15) is 0 Å². The molecule has 0 aliphatic rings. The second-order valence-corrected chi connectivity index (χ2v) is 2.34. The van der Waals surface area contributed by atoms with Crippen molar-refractivity contribution in [1.29, 1.82) is 0 Å². The maximum atomic E-state index is 10.5. The summed E-state index contributed by atoms with van der Waals surface area (Å²) in [4.78, 5) is 10.5. The molecule has 0 unspecified atom stereocenters. The predicted octanol–water partition coefficient (Wildman–Crippen LogP) is 1.56. The molecule has 0 heterocycles. The van der Waals surface area contributed by atoms with Crippen molar-refractivity contribution in [3.8, 4) is 0 Å². The van der Waals surface area contributed by atoms with Crippen LogP contribution < -0.4 is 0 Å². The standard InChI is InChI=1S/C8H14O2/c1-7(4-5-10-3)6-8(2)9/h6H,4-5H2,1-3H3/b7-6-. The van der Waals surface area contributed by atoms with Crippen molar-refractivity contribution < 1.29 is 9.53 Å². The minimum Gasteiger partial charge on any atom is -0.384 e. The summed E-state index contributed by atoms with van der Waals surface area (Å²) >= 11 is 0. The lowest BCUT2D eigenvalue weighted by molar-refractivity contribution is -0.112. The van der Waals surface area contributed by atoms with E-state index >= 15 is 0 Å². The molecular formula is C8H14O2. The van der Waals surface area contributed by atoms with Crippen LogP contribution in [0.15, 0.2) is 11.6 Å². The molecule has 0 amide bonds. The van der Waals surface area contributed by atoms with Crippen LogP contribution in [0.3, 0.4) is 0 Å². The first-order valence-corrected chi connectivity index (χ1v) is 3.33. The SMILES string of the molecule is COCC/C(C)=C\C(C)=O. The average molecular weight is 142 g/mol. The summed E-state index contributed by atoms with van der Waals surface area (Å²) in [5, 5.41) is 0. The van der Waals surface area contributed by atoms with Crippen molar-refractivity contribution in [2.75, 3.05) is 13.7 Å². The first-order valence-electron chi connectivity index (χ1n) is 3.33. The van der Waals surface area contributed by atoms with Crippen LogP contribution in [-0.4, -0.2) is 19.5 Å². The highest BCUT2D eigenvalue weighted by atomic mass is 16.5. The van der Waals surface area contributed by atoms with Gasteiger partial charge in [-0.25, -0.2) is 0 Å². The number of ketones is 1. The van der Waals surface area contributed by atoms with Gasteiger partial charge in [0.1, 0.15) is 0 Å². The normalized spacial score (nSPS) is 11.7. The molecule has 2 heteroatoms. The molecule has 0 aliphatic heterocycles. The van der Waals surface area contributed by atoms with E-state index < -0.39 is 0 Å². The van der Waals surface area contributed by atoms with Gasteiger partial charge in [-0.3, -0.25) is 4.79 Å². The third-order valence-electron chi connectivity index (χ3n) is 1.15. The maximum Gasteiger partial charge on any atom is 0.152 e. The summed E-state index contributed by atoms with van der Waals surface area (Å²) in [7, 11) is 1.65. The Balaban J connectivity index is 3.60. The van der Waals surface area contributed by atoms with Crippen molar-refractivity contribution in [3.05, 3.63) is 11.6 Å². The minimum absolute atomic E-state index is 0.105. The zero-order valence-corrected chi connectivity index (χ0v) is 6.81. The molecule has 0 bridgehead atoms. The molecule has 0 spiro atoms. The number of ether oxygens (including phenoxy) is 1. The van der Waals surface area contributed by atoms with Crippen molar-refractivity contribution >= 4 is 5.78 Å². The first kappa shape index (κ1) is 9.37. The third-order valence-corrected chi connectivity index (χ3v) is 1.15. The molecule has 0 atom stereocenters. The lowest BCUT2D eigenvalue weighted by Crippen LogP contribution is -1.91. The monoisotopic (exact) mass is 142 g/mol. The van der Waals surface area contributed by atoms with E-state index in [0.717, 1.165) is 12.0 Å². The van der Waals surface area contributed by atoms with Gasteiger partial charge in [0.15, 0.2) is 5.78 Å². The summed E-state index contributed by atoms with van der Waals surface area (Å²) in [6.45, 7) is 4.17. The van der Waals surface area contributed by atoms with Gasteiger partial charge in [0.05, 0.1) is 0 Å². The van der Waals surface area contributed by atoms with E-state index in [4.69, 9.17) is 4.74 Å². The molecule has 0 saturated heterocycles. The quantitative estimate of drug-likeness (QED) is 0.557. The van der Waals surface area contributed by atoms with Crippen LogP contribution in [0, 0.1) is 0 Å². The molecule has 2 nitrogen and oxygen atoms in total. The Bertz CT molecular complexity index is 136. The lowest BCUT2D eigenvalue weighted by Gasteiger charge is -1.97. The molecule has 10 heavy (non-hydrogen) atoms. The Labute approximate surface area is 61.9 Å². The highest BCUT2D eigenvalue weighted by Crippen LogP contribution is 1.98. The number of hydrogen-bond acceptors (Lipinski definition) is 2. The van der Waals surface area contributed by atoms with Gasteiger partial charge in [-0.15, -0.1) is 0 Å². The molecule has 0 N–H and O–H groups in total. The van der Waals surface area contributed by atoms with E-state index in [9.17, 15) is 4.79 Å². The van der Waals surface area contributed by atoms with Crippen LogP contribution in [0.5, 0.6) is 0 Å². The van der Waals surface area contributed by atoms with E-state index in [1.165, 1.54) is 0 Å². The third kappa shape index (κ3) is 5.51. The zero-order valence-electron chi connectivity index (χ0n) is 6.81. The Kier molecular flexibility index (Phi) is 4.85. The first-order chi connectivity index (χ1) is 4.66. The van der Waals surface area contributed by atoms with Crippen LogP contribution >= 0.6 is 0 Å². The minimum atomic E-state index is 0.105. The maximum absolute atomic E-state index is 10.5. The van der Waals surface area contributed by atoms with E-state index in [2.05, 4.69) is 0 Å². The van der Waals surface area contributed by atoms with Crippen molar-refractivity contribution in [1.82, 2.24) is 0 Å². The molecule has 58 valence electrons. The fourth-order valence-electron chi connectivity index (χ4n) is 0.682. The van der Waals surface area contributed by atoms with Crippen LogP contribution in [0.4, 0.5) is 0 Å². The predicted molar refractivity (Wildman–Crippen MR) is 40.9 cm³/mol. The van der Waals surface area contributed by atoms with Gasteiger partial charge in [0.2, 0.25) is 0 Å². The number of carbonyl (C=O) groups excluding carboxylic acids is 1. The van der Waals surface area contributed by atoms with E-state index in [0.29, 0.717) is 6.61 Å². The largest absolute Gasteiger partial charge is 0.384 e. The van der Waals surface area contributed by atoms with Gasteiger partial charge in [0, 0.05) is 13.7 Å². The summed E-state index contributed by atoms with van der Waals surface area (Å²) in [6.07, 6.45) is 2.48. The van der Waals surface area contributed by atoms with E-state index in [1.54, 1.807) is 20.1 Å². The summed E-state index contributed by atoms with van der Waals surface area (Å²) < 4.78 is 4.84. The highest BCUT2D eigenvalue weighted by Gasteiger charge is 1.90. The smallest absolute Gasteiger partial charge is 0.152 e. The molecule has 0 aromatic carbocycles. The van der Waals surface area contributed by atoms with Gasteiger partial charge >= 0.3 is 0 Å². The van der Waals surface area contributed by atoms with Crippen LogP contribution in [0.1, 0.15) is 20.3 Å². The Morgan fingerprint density at radius 1 is 1.50 bits per heavy atom. The van der Waals surface area contributed by atoms with E-state index in [-0.39, 0.29) is 5.78 Å². The second-order valence-electron chi connectivity index (χ2n) is 2.34. The topological polar surface area (TPSA) is 26.3 Å². The molecule has 0 aromatic heterocycles. The van der Waals surface area contributed by atoms with Crippen LogP contribution in [0.25, 0.3) is 0 Å². The molecular weight excluding hydrogens is 128 g/mol. The summed E-state index contributed by atoms with van der Waals surface area (Å²) in [6, 6.07) is 0. The number of hydrogen-bond donors (Lipinski definition) is 0. The van der Waals surface area contributed by atoms with Gasteiger partial charge < -0.3 is 4.74 Å².